The summed E-state index contributed by atoms with van der Waals surface area (Å²) in [5.41, 5.74) is -0.633. The first-order valence-corrected chi connectivity index (χ1v) is 8.81. The minimum atomic E-state index is -0.716. The van der Waals surface area contributed by atoms with E-state index in [0.29, 0.717) is 12.6 Å². The van der Waals surface area contributed by atoms with Gasteiger partial charge in [-0.15, -0.1) is 0 Å². The van der Waals surface area contributed by atoms with E-state index in [4.69, 9.17) is 9.47 Å². The number of hydrogen-bond acceptors (Lipinski definition) is 5. The van der Waals surface area contributed by atoms with Crippen LogP contribution in [0.1, 0.15) is 47.5 Å². The molecule has 0 radical (unpaired) electrons. The van der Waals surface area contributed by atoms with Crippen molar-refractivity contribution in [3.63, 3.8) is 0 Å². The highest BCUT2D eigenvalue weighted by atomic mass is 16.6. The van der Waals surface area contributed by atoms with Gasteiger partial charge in [-0.3, -0.25) is 4.79 Å². The Kier molecular flexibility index (Phi) is 5.80. The first kappa shape index (κ1) is 19.3. The van der Waals surface area contributed by atoms with Crippen LogP contribution >= 0.6 is 0 Å². The quantitative estimate of drug-likeness (QED) is 0.755. The number of carbonyl (C=O) groups is 3. The highest BCUT2D eigenvalue weighted by molar-refractivity contribution is 5.86. The molecule has 25 heavy (non-hydrogen) atoms. The van der Waals surface area contributed by atoms with Crippen LogP contribution < -0.4 is 10.6 Å². The third-order valence-corrected chi connectivity index (χ3v) is 4.02. The van der Waals surface area contributed by atoms with E-state index in [1.807, 2.05) is 13.8 Å². The molecule has 2 aliphatic rings. The minimum Gasteiger partial charge on any atom is -0.444 e. The summed E-state index contributed by atoms with van der Waals surface area (Å²) in [6.07, 6.45) is 0.737. The van der Waals surface area contributed by atoms with Gasteiger partial charge in [0.1, 0.15) is 17.7 Å². The average molecular weight is 355 g/mol. The molecule has 2 unspecified atom stereocenters. The number of carbonyl (C=O) groups excluding carboxylic acids is 3. The smallest absolute Gasteiger partial charge is 0.410 e. The first-order chi connectivity index (χ1) is 11.6. The highest BCUT2D eigenvalue weighted by Crippen LogP contribution is 2.30. The maximum absolute atomic E-state index is 12.4. The van der Waals surface area contributed by atoms with E-state index >= 15 is 0 Å². The van der Waals surface area contributed by atoms with E-state index in [0.717, 1.165) is 12.8 Å². The predicted octanol–water partition coefficient (Wildman–Crippen LogP) is 1.64. The number of nitrogens with zero attached hydrogens (tertiary/aromatic N) is 1. The lowest BCUT2D eigenvalue weighted by Crippen LogP contribution is -2.52. The molecular formula is C17H29N3O5. The summed E-state index contributed by atoms with van der Waals surface area (Å²) in [6.45, 7) is 9.69. The monoisotopic (exact) mass is 355 g/mol. The Hall–Kier alpha value is -1.99. The van der Waals surface area contributed by atoms with E-state index in [2.05, 4.69) is 10.6 Å². The Labute approximate surface area is 148 Å². The van der Waals surface area contributed by atoms with Crippen molar-refractivity contribution < 1.29 is 23.9 Å². The summed E-state index contributed by atoms with van der Waals surface area (Å²) < 4.78 is 10.5. The summed E-state index contributed by atoms with van der Waals surface area (Å²) in [5.74, 6) is -0.427. The topological polar surface area (TPSA) is 97.0 Å². The lowest BCUT2D eigenvalue weighted by molar-refractivity contribution is -0.124. The molecule has 1 saturated carbocycles. The van der Waals surface area contributed by atoms with Gasteiger partial charge in [0.05, 0.1) is 13.1 Å². The van der Waals surface area contributed by atoms with Gasteiger partial charge >= 0.3 is 12.2 Å². The Morgan fingerprint density at radius 1 is 1.32 bits per heavy atom. The second-order valence-corrected chi connectivity index (χ2v) is 8.00. The van der Waals surface area contributed by atoms with Crippen LogP contribution in [0.4, 0.5) is 9.59 Å². The SMILES string of the molecule is CC(C)C(NC(=O)OC(C)(C)C)C(=O)NCC1CN(C2CC2)C(=O)O1. The third-order valence-electron chi connectivity index (χ3n) is 4.02. The summed E-state index contributed by atoms with van der Waals surface area (Å²) in [5, 5.41) is 5.36. The molecule has 142 valence electrons. The van der Waals surface area contributed by atoms with Crippen LogP contribution in [0.15, 0.2) is 0 Å². The van der Waals surface area contributed by atoms with E-state index < -0.39 is 17.7 Å². The van der Waals surface area contributed by atoms with Crippen LogP contribution in [-0.2, 0) is 14.3 Å². The van der Waals surface area contributed by atoms with Crippen molar-refractivity contribution in [2.45, 2.75) is 71.2 Å². The normalized spacial score (nSPS) is 21.8. The summed E-state index contributed by atoms with van der Waals surface area (Å²) >= 11 is 0. The summed E-state index contributed by atoms with van der Waals surface area (Å²) in [4.78, 5) is 37.8. The van der Waals surface area contributed by atoms with Crippen LogP contribution in [0, 0.1) is 5.92 Å². The van der Waals surface area contributed by atoms with Crippen molar-refractivity contribution in [3.05, 3.63) is 0 Å². The van der Waals surface area contributed by atoms with Crippen LogP contribution in [-0.4, -0.2) is 59.9 Å². The van der Waals surface area contributed by atoms with E-state index in [1.54, 1.807) is 25.7 Å². The molecule has 0 spiro atoms. The molecule has 1 aliphatic carbocycles. The molecule has 8 nitrogen and oxygen atoms in total. The second-order valence-electron chi connectivity index (χ2n) is 8.00. The van der Waals surface area contributed by atoms with E-state index in [-0.39, 0.29) is 30.6 Å². The molecule has 0 bridgehead atoms. The molecule has 3 amide bonds. The molecule has 1 saturated heterocycles. The molecule has 1 heterocycles. The molecule has 2 fully saturated rings. The molecule has 2 rings (SSSR count). The van der Waals surface area contributed by atoms with Gasteiger partial charge in [0.25, 0.3) is 0 Å². The number of hydrogen-bond donors (Lipinski definition) is 2. The lowest BCUT2D eigenvalue weighted by atomic mass is 10.0. The predicted molar refractivity (Wildman–Crippen MR) is 91.0 cm³/mol. The second kappa shape index (κ2) is 7.49. The maximum atomic E-state index is 12.4. The fourth-order valence-corrected chi connectivity index (χ4v) is 2.63. The van der Waals surface area contributed by atoms with E-state index in [1.165, 1.54) is 0 Å². The zero-order chi connectivity index (χ0) is 18.8. The van der Waals surface area contributed by atoms with Gasteiger partial charge in [-0.05, 0) is 39.5 Å². The zero-order valence-electron chi connectivity index (χ0n) is 15.6. The van der Waals surface area contributed by atoms with Crippen LogP contribution in [0.5, 0.6) is 0 Å². The van der Waals surface area contributed by atoms with Gasteiger partial charge in [-0.25, -0.2) is 9.59 Å². The number of ether oxygens (including phenoxy) is 2. The molecule has 0 aromatic rings. The van der Waals surface area contributed by atoms with Gasteiger partial charge in [0, 0.05) is 6.04 Å². The number of nitrogens with one attached hydrogen (secondary N) is 2. The summed E-state index contributed by atoms with van der Waals surface area (Å²) in [6, 6.07) is -0.420. The Morgan fingerprint density at radius 2 is 1.96 bits per heavy atom. The fourth-order valence-electron chi connectivity index (χ4n) is 2.63. The average Bonchev–Trinajstić information content (AvgIpc) is 3.23. The van der Waals surface area contributed by atoms with Crippen molar-refractivity contribution in [3.8, 4) is 0 Å². The molecule has 8 heteroatoms. The molecular weight excluding hydrogens is 326 g/mol. The van der Waals surface area contributed by atoms with Crippen LogP contribution in [0.3, 0.4) is 0 Å². The standard InChI is InChI=1S/C17H29N3O5/c1-10(2)13(19-15(22)25-17(3,4)5)14(21)18-8-12-9-20(11-6-7-11)16(23)24-12/h10-13H,6-9H2,1-5H3,(H,18,21)(H,19,22). The van der Waals surface area contributed by atoms with Crippen molar-refractivity contribution >= 4 is 18.1 Å². The Balaban J connectivity index is 1.82. The molecule has 2 atom stereocenters. The lowest BCUT2D eigenvalue weighted by Gasteiger charge is -2.25. The number of alkyl carbamates (subject to hydrolysis) is 1. The fraction of sp³-hybridized carbons (Fsp3) is 0.824. The molecule has 2 N–H and O–H groups in total. The third kappa shape index (κ3) is 5.79. The molecule has 0 aromatic heterocycles. The zero-order valence-corrected chi connectivity index (χ0v) is 15.6. The first-order valence-electron chi connectivity index (χ1n) is 8.81. The Morgan fingerprint density at radius 3 is 2.48 bits per heavy atom. The van der Waals surface area contributed by atoms with Crippen molar-refractivity contribution in [2.24, 2.45) is 5.92 Å². The number of amides is 3. The van der Waals surface area contributed by atoms with Gasteiger partial charge in [-0.2, -0.15) is 0 Å². The van der Waals surface area contributed by atoms with Crippen molar-refractivity contribution in [1.29, 1.82) is 0 Å². The highest BCUT2D eigenvalue weighted by Gasteiger charge is 2.41. The van der Waals surface area contributed by atoms with Crippen LogP contribution in [0.2, 0.25) is 0 Å². The van der Waals surface area contributed by atoms with Gasteiger partial charge < -0.3 is 25.0 Å². The van der Waals surface area contributed by atoms with Crippen molar-refractivity contribution in [2.75, 3.05) is 13.1 Å². The number of cyclic esters (lactones) is 1. The van der Waals surface area contributed by atoms with Gasteiger partial charge in [-0.1, -0.05) is 13.8 Å². The molecule has 0 aromatic carbocycles. The van der Waals surface area contributed by atoms with E-state index in [9.17, 15) is 14.4 Å². The van der Waals surface area contributed by atoms with Gasteiger partial charge in [0.2, 0.25) is 5.91 Å². The van der Waals surface area contributed by atoms with Gasteiger partial charge in [0.15, 0.2) is 0 Å². The maximum Gasteiger partial charge on any atom is 0.410 e. The number of rotatable bonds is 6. The largest absolute Gasteiger partial charge is 0.444 e. The van der Waals surface area contributed by atoms with Crippen LogP contribution in [0.25, 0.3) is 0 Å². The molecule has 1 aliphatic heterocycles. The summed E-state index contributed by atoms with van der Waals surface area (Å²) in [7, 11) is 0. The Bertz CT molecular complexity index is 525. The van der Waals surface area contributed by atoms with Crippen molar-refractivity contribution in [1.82, 2.24) is 15.5 Å². The minimum absolute atomic E-state index is 0.110.